The van der Waals surface area contributed by atoms with E-state index in [1.165, 1.54) is 4.90 Å². The van der Waals surface area contributed by atoms with Crippen LogP contribution in [0.15, 0.2) is 72.8 Å². The van der Waals surface area contributed by atoms with Gasteiger partial charge >= 0.3 is 6.09 Å². The van der Waals surface area contributed by atoms with E-state index in [-0.39, 0.29) is 12.5 Å². The summed E-state index contributed by atoms with van der Waals surface area (Å²) in [5.74, 6) is 1.11. The van der Waals surface area contributed by atoms with Gasteiger partial charge < -0.3 is 19.5 Å². The molecule has 1 aliphatic heterocycles. The molecule has 1 aliphatic rings. The van der Waals surface area contributed by atoms with Gasteiger partial charge in [-0.3, -0.25) is 9.69 Å². The number of methoxy groups -OCH3 is 2. The number of amides is 2. The Morgan fingerprint density at radius 2 is 1.65 bits per heavy atom. The second-order valence-corrected chi connectivity index (χ2v) is 8.00. The molecule has 0 saturated carbocycles. The van der Waals surface area contributed by atoms with Gasteiger partial charge in [-0.2, -0.15) is 0 Å². The topological polar surface area (TPSA) is 77.1 Å². The Bertz CT molecular complexity index is 1130. The lowest BCUT2D eigenvalue weighted by atomic mass is 10.0. The first-order valence-electron chi connectivity index (χ1n) is 11.2. The predicted octanol–water partition coefficient (Wildman–Crippen LogP) is 5.11. The molecule has 176 valence electrons. The normalized spacial score (nSPS) is 15.0. The molecular formula is C27H28N2O5. The summed E-state index contributed by atoms with van der Waals surface area (Å²) in [6, 6.07) is 22.0. The number of carbonyl (C=O) groups is 2. The van der Waals surface area contributed by atoms with E-state index in [2.05, 4.69) is 5.32 Å². The summed E-state index contributed by atoms with van der Waals surface area (Å²) < 4.78 is 16.5. The largest absolute Gasteiger partial charge is 0.496 e. The molecule has 1 N–H and O–H groups in total. The summed E-state index contributed by atoms with van der Waals surface area (Å²) in [4.78, 5) is 27.3. The fourth-order valence-corrected chi connectivity index (χ4v) is 4.17. The van der Waals surface area contributed by atoms with Crippen molar-refractivity contribution < 1.29 is 23.8 Å². The molecule has 1 fully saturated rings. The molecular weight excluding hydrogens is 432 g/mol. The molecule has 1 saturated heterocycles. The van der Waals surface area contributed by atoms with Gasteiger partial charge in [0.2, 0.25) is 5.91 Å². The molecule has 1 heterocycles. The van der Waals surface area contributed by atoms with Crippen LogP contribution in [0.2, 0.25) is 0 Å². The Labute approximate surface area is 199 Å². The number of anilines is 1. The molecule has 4 rings (SSSR count). The molecule has 3 aromatic rings. The van der Waals surface area contributed by atoms with E-state index < -0.39 is 12.1 Å². The fraction of sp³-hybridized carbons (Fsp3) is 0.259. The zero-order valence-electron chi connectivity index (χ0n) is 19.3. The Kier molecular flexibility index (Phi) is 7.32. The number of ether oxygens (including phenoxy) is 3. The van der Waals surface area contributed by atoms with Gasteiger partial charge in [0.05, 0.1) is 19.8 Å². The number of hydrogen-bond acceptors (Lipinski definition) is 5. The monoisotopic (exact) mass is 460 g/mol. The molecule has 2 amide bonds. The molecule has 3 aromatic carbocycles. The van der Waals surface area contributed by atoms with Crippen LogP contribution in [0.5, 0.6) is 11.5 Å². The first-order valence-corrected chi connectivity index (χ1v) is 11.2. The van der Waals surface area contributed by atoms with Gasteiger partial charge in [0.25, 0.3) is 0 Å². The SMILES string of the molecule is COc1cccc(OC)c1-c1cccc(NC(=O)[C@@H]2CCCN2C(=O)OCc2ccccc2)c1. The highest BCUT2D eigenvalue weighted by Gasteiger charge is 2.35. The van der Waals surface area contributed by atoms with Gasteiger partial charge in [-0.1, -0.05) is 48.5 Å². The van der Waals surface area contributed by atoms with Crippen LogP contribution >= 0.6 is 0 Å². The highest BCUT2D eigenvalue weighted by molar-refractivity contribution is 5.97. The van der Waals surface area contributed by atoms with Crippen LogP contribution in [0.4, 0.5) is 10.5 Å². The minimum absolute atomic E-state index is 0.174. The minimum atomic E-state index is -0.576. The highest BCUT2D eigenvalue weighted by Crippen LogP contribution is 2.39. The van der Waals surface area contributed by atoms with Crippen molar-refractivity contribution >= 4 is 17.7 Å². The van der Waals surface area contributed by atoms with Crippen molar-refractivity contribution in [1.82, 2.24) is 4.90 Å². The summed E-state index contributed by atoms with van der Waals surface area (Å²) in [6.45, 7) is 0.664. The Balaban J connectivity index is 1.46. The maximum absolute atomic E-state index is 13.1. The maximum atomic E-state index is 13.1. The summed E-state index contributed by atoms with van der Waals surface area (Å²) in [5, 5.41) is 2.96. The lowest BCUT2D eigenvalue weighted by Gasteiger charge is -2.23. The van der Waals surface area contributed by atoms with Gasteiger partial charge in [-0.25, -0.2) is 4.79 Å². The van der Waals surface area contributed by atoms with Crippen molar-refractivity contribution in [2.24, 2.45) is 0 Å². The first kappa shape index (κ1) is 23.2. The van der Waals surface area contributed by atoms with E-state index in [0.29, 0.717) is 30.2 Å². The maximum Gasteiger partial charge on any atom is 0.410 e. The molecule has 0 aliphatic carbocycles. The number of likely N-dealkylation sites (tertiary alicyclic amines) is 1. The van der Waals surface area contributed by atoms with Crippen molar-refractivity contribution in [2.75, 3.05) is 26.1 Å². The average molecular weight is 461 g/mol. The summed E-state index contributed by atoms with van der Waals surface area (Å²) in [6.07, 6.45) is 0.859. The molecule has 0 spiro atoms. The van der Waals surface area contributed by atoms with Crippen LogP contribution in [-0.4, -0.2) is 43.7 Å². The zero-order valence-corrected chi connectivity index (χ0v) is 19.3. The van der Waals surface area contributed by atoms with Crippen LogP contribution in [0.25, 0.3) is 11.1 Å². The van der Waals surface area contributed by atoms with Crippen molar-refractivity contribution in [3.05, 3.63) is 78.4 Å². The Morgan fingerprint density at radius 1 is 0.941 bits per heavy atom. The second kappa shape index (κ2) is 10.7. The van der Waals surface area contributed by atoms with Crippen molar-refractivity contribution in [3.8, 4) is 22.6 Å². The van der Waals surface area contributed by atoms with Crippen LogP contribution in [0.1, 0.15) is 18.4 Å². The molecule has 0 unspecified atom stereocenters. The average Bonchev–Trinajstić information content (AvgIpc) is 3.38. The third kappa shape index (κ3) is 5.14. The molecule has 7 heteroatoms. The third-order valence-electron chi connectivity index (χ3n) is 5.84. The smallest absolute Gasteiger partial charge is 0.410 e. The van der Waals surface area contributed by atoms with Crippen LogP contribution in [0.3, 0.4) is 0 Å². The lowest BCUT2D eigenvalue weighted by Crippen LogP contribution is -2.43. The third-order valence-corrected chi connectivity index (χ3v) is 5.84. The zero-order chi connectivity index (χ0) is 23.9. The predicted molar refractivity (Wildman–Crippen MR) is 130 cm³/mol. The molecule has 0 aromatic heterocycles. The number of nitrogens with zero attached hydrogens (tertiary/aromatic N) is 1. The van der Waals surface area contributed by atoms with E-state index in [9.17, 15) is 9.59 Å². The number of rotatable bonds is 7. The number of hydrogen-bond donors (Lipinski definition) is 1. The van der Waals surface area contributed by atoms with Gasteiger partial charge in [-0.05, 0) is 48.2 Å². The van der Waals surface area contributed by atoms with E-state index in [0.717, 1.165) is 23.1 Å². The molecule has 7 nitrogen and oxygen atoms in total. The van der Waals surface area contributed by atoms with Crippen LogP contribution in [0, 0.1) is 0 Å². The van der Waals surface area contributed by atoms with Gasteiger partial charge in [0.15, 0.2) is 0 Å². The van der Waals surface area contributed by atoms with E-state index in [1.54, 1.807) is 14.2 Å². The van der Waals surface area contributed by atoms with Crippen molar-refractivity contribution in [3.63, 3.8) is 0 Å². The highest BCUT2D eigenvalue weighted by atomic mass is 16.6. The summed E-state index contributed by atoms with van der Waals surface area (Å²) in [7, 11) is 3.21. The molecule has 1 atom stereocenters. The van der Waals surface area contributed by atoms with Gasteiger partial charge in [-0.15, -0.1) is 0 Å². The minimum Gasteiger partial charge on any atom is -0.496 e. The Hall–Kier alpha value is -4.00. The standard InChI is InChI=1S/C27H28N2O5/c1-32-23-14-7-15-24(33-2)25(23)20-11-6-12-21(17-20)28-26(30)22-13-8-16-29(22)27(31)34-18-19-9-4-3-5-10-19/h3-7,9-12,14-15,17,22H,8,13,16,18H2,1-2H3,(H,28,30)/t22-/m0/s1. The van der Waals surface area contributed by atoms with Crippen LogP contribution < -0.4 is 14.8 Å². The van der Waals surface area contributed by atoms with E-state index in [1.807, 2.05) is 72.8 Å². The summed E-state index contributed by atoms with van der Waals surface area (Å²) in [5.41, 5.74) is 3.17. The van der Waals surface area contributed by atoms with Crippen molar-refractivity contribution in [2.45, 2.75) is 25.5 Å². The van der Waals surface area contributed by atoms with E-state index in [4.69, 9.17) is 14.2 Å². The molecule has 34 heavy (non-hydrogen) atoms. The molecule has 0 bridgehead atoms. The van der Waals surface area contributed by atoms with Gasteiger partial charge in [0, 0.05) is 12.2 Å². The Morgan fingerprint density at radius 3 is 2.35 bits per heavy atom. The number of nitrogens with one attached hydrogen (secondary N) is 1. The second-order valence-electron chi connectivity index (χ2n) is 8.00. The summed E-state index contributed by atoms with van der Waals surface area (Å²) >= 11 is 0. The van der Waals surface area contributed by atoms with Crippen LogP contribution in [-0.2, 0) is 16.1 Å². The van der Waals surface area contributed by atoms with E-state index >= 15 is 0 Å². The fourth-order valence-electron chi connectivity index (χ4n) is 4.17. The quantitative estimate of drug-likeness (QED) is 0.530. The number of carbonyl (C=O) groups excluding carboxylic acids is 2. The first-order chi connectivity index (χ1) is 16.6. The lowest BCUT2D eigenvalue weighted by molar-refractivity contribution is -0.120. The van der Waals surface area contributed by atoms with Crippen molar-refractivity contribution in [1.29, 1.82) is 0 Å². The number of benzene rings is 3. The van der Waals surface area contributed by atoms with Gasteiger partial charge in [0.1, 0.15) is 24.1 Å². The molecule has 0 radical (unpaired) electrons.